The van der Waals surface area contributed by atoms with Crippen LogP contribution in [0.4, 0.5) is 4.39 Å². The third kappa shape index (κ3) is 3.43. The molecule has 102 valence electrons. The topological polar surface area (TPSA) is 66.4 Å². The minimum atomic E-state index is -0.812. The van der Waals surface area contributed by atoms with Crippen molar-refractivity contribution in [2.75, 3.05) is 0 Å². The first-order chi connectivity index (χ1) is 8.97. The normalized spacial score (nSPS) is 22.2. The summed E-state index contributed by atoms with van der Waals surface area (Å²) in [4.78, 5) is 22.9. The molecule has 2 N–H and O–H groups in total. The minimum Gasteiger partial charge on any atom is -0.481 e. The largest absolute Gasteiger partial charge is 0.481 e. The van der Waals surface area contributed by atoms with Gasteiger partial charge in [0, 0.05) is 9.61 Å². The van der Waals surface area contributed by atoms with E-state index in [1.54, 1.807) is 0 Å². The van der Waals surface area contributed by atoms with Crippen molar-refractivity contribution in [1.82, 2.24) is 5.32 Å². The number of hydrogen-bond acceptors (Lipinski definition) is 2. The van der Waals surface area contributed by atoms with Crippen LogP contribution in [0.5, 0.6) is 0 Å². The molecule has 0 aliphatic heterocycles. The molecule has 19 heavy (non-hydrogen) atoms. The number of carboxylic acid groups (broad SMARTS) is 1. The second-order valence-corrected chi connectivity index (χ2v) is 5.80. The summed E-state index contributed by atoms with van der Waals surface area (Å²) in [6.07, 6.45) is 1.71. The van der Waals surface area contributed by atoms with E-state index in [0.717, 1.165) is 0 Å². The van der Waals surface area contributed by atoms with Gasteiger partial charge in [-0.15, -0.1) is 0 Å². The summed E-state index contributed by atoms with van der Waals surface area (Å²) in [6.45, 7) is 0. The van der Waals surface area contributed by atoms with Crippen molar-refractivity contribution in [3.05, 3.63) is 33.1 Å². The summed E-state index contributed by atoms with van der Waals surface area (Å²) in [5.41, 5.74) is 0.417. The Hall–Kier alpha value is -1.18. The molecule has 1 aromatic carbocycles. The second kappa shape index (κ2) is 5.85. The van der Waals surface area contributed by atoms with E-state index in [1.165, 1.54) is 18.2 Å². The average molecular weight is 377 g/mol. The van der Waals surface area contributed by atoms with Gasteiger partial charge in [0.05, 0.1) is 11.5 Å². The van der Waals surface area contributed by atoms with Crippen LogP contribution in [0.2, 0.25) is 0 Å². The Morgan fingerprint density at radius 3 is 2.68 bits per heavy atom. The van der Waals surface area contributed by atoms with Gasteiger partial charge in [-0.25, -0.2) is 4.39 Å². The van der Waals surface area contributed by atoms with Crippen LogP contribution >= 0.6 is 22.6 Å². The van der Waals surface area contributed by atoms with Crippen LogP contribution in [0.3, 0.4) is 0 Å². The van der Waals surface area contributed by atoms with Crippen LogP contribution in [0.1, 0.15) is 29.6 Å². The van der Waals surface area contributed by atoms with Gasteiger partial charge in [0.2, 0.25) is 0 Å². The van der Waals surface area contributed by atoms with Gasteiger partial charge in [-0.2, -0.15) is 0 Å². The van der Waals surface area contributed by atoms with Gasteiger partial charge < -0.3 is 10.4 Å². The van der Waals surface area contributed by atoms with Crippen LogP contribution in [0, 0.1) is 15.3 Å². The van der Waals surface area contributed by atoms with Gasteiger partial charge >= 0.3 is 5.97 Å². The van der Waals surface area contributed by atoms with Crippen molar-refractivity contribution in [2.45, 2.75) is 25.3 Å². The molecule has 2 rings (SSSR count). The molecule has 1 fully saturated rings. The molecule has 1 amide bonds. The first-order valence-electron chi connectivity index (χ1n) is 5.96. The predicted molar refractivity (Wildman–Crippen MR) is 75.3 cm³/mol. The standard InChI is InChI=1S/C13H13FINO3/c14-8-2-4-10(11(15)6-8)12(17)16-9-3-1-7(5-9)13(18)19/h2,4,6-7,9H,1,3,5H2,(H,16,17)(H,18,19)/t7-,9+/m1/s1. The Morgan fingerprint density at radius 1 is 1.37 bits per heavy atom. The molecule has 0 radical (unpaired) electrons. The molecule has 1 aliphatic carbocycles. The van der Waals surface area contributed by atoms with Gasteiger partial charge in [-0.1, -0.05) is 0 Å². The van der Waals surface area contributed by atoms with Crippen LogP contribution in [-0.2, 0) is 4.79 Å². The quantitative estimate of drug-likeness (QED) is 0.796. The first-order valence-corrected chi connectivity index (χ1v) is 7.04. The molecule has 0 aromatic heterocycles. The fourth-order valence-electron chi connectivity index (χ4n) is 2.27. The van der Waals surface area contributed by atoms with E-state index in [4.69, 9.17) is 5.11 Å². The van der Waals surface area contributed by atoms with Crippen molar-refractivity contribution in [3.8, 4) is 0 Å². The van der Waals surface area contributed by atoms with Crippen molar-refractivity contribution >= 4 is 34.5 Å². The van der Waals surface area contributed by atoms with Gasteiger partial charge in [-0.3, -0.25) is 9.59 Å². The van der Waals surface area contributed by atoms with Crippen molar-refractivity contribution in [1.29, 1.82) is 0 Å². The van der Waals surface area contributed by atoms with Crippen LogP contribution in [0.15, 0.2) is 18.2 Å². The maximum absolute atomic E-state index is 13.0. The molecule has 1 aromatic rings. The highest BCUT2D eigenvalue weighted by molar-refractivity contribution is 14.1. The number of benzene rings is 1. The van der Waals surface area contributed by atoms with Crippen molar-refractivity contribution in [3.63, 3.8) is 0 Å². The first kappa shape index (κ1) is 14.2. The van der Waals surface area contributed by atoms with E-state index in [0.29, 0.717) is 28.4 Å². The molecule has 0 spiro atoms. The number of nitrogens with one attached hydrogen (secondary N) is 1. The maximum atomic E-state index is 13.0. The molecular weight excluding hydrogens is 364 g/mol. The fourth-order valence-corrected chi connectivity index (χ4v) is 3.00. The Morgan fingerprint density at radius 2 is 2.11 bits per heavy atom. The number of hydrogen-bond donors (Lipinski definition) is 2. The monoisotopic (exact) mass is 377 g/mol. The van der Waals surface area contributed by atoms with E-state index < -0.39 is 5.97 Å². The number of carboxylic acids is 1. The lowest BCUT2D eigenvalue weighted by molar-refractivity contribution is -0.141. The maximum Gasteiger partial charge on any atom is 0.306 e. The summed E-state index contributed by atoms with van der Waals surface area (Å²) in [7, 11) is 0. The highest BCUT2D eigenvalue weighted by Gasteiger charge is 2.30. The van der Waals surface area contributed by atoms with Crippen LogP contribution in [0.25, 0.3) is 0 Å². The third-order valence-electron chi connectivity index (χ3n) is 3.29. The molecule has 0 bridgehead atoms. The van der Waals surface area contributed by atoms with E-state index in [1.807, 2.05) is 22.6 Å². The molecule has 0 saturated heterocycles. The van der Waals surface area contributed by atoms with E-state index in [9.17, 15) is 14.0 Å². The van der Waals surface area contributed by atoms with Gasteiger partial charge in [0.25, 0.3) is 5.91 Å². The average Bonchev–Trinajstić information content (AvgIpc) is 2.77. The molecule has 1 saturated carbocycles. The SMILES string of the molecule is O=C(N[C@H]1CC[C@@H](C(=O)O)C1)c1ccc(F)cc1I. The molecule has 1 aliphatic rings. The van der Waals surface area contributed by atoms with Gasteiger partial charge in [-0.05, 0) is 60.1 Å². The second-order valence-electron chi connectivity index (χ2n) is 4.64. The van der Waals surface area contributed by atoms with Crippen molar-refractivity contribution < 1.29 is 19.1 Å². The van der Waals surface area contributed by atoms with E-state index in [-0.39, 0.29) is 23.7 Å². The number of rotatable bonds is 3. The Labute approximate surface area is 123 Å². The zero-order valence-electron chi connectivity index (χ0n) is 10.0. The highest BCUT2D eigenvalue weighted by atomic mass is 127. The zero-order chi connectivity index (χ0) is 14.0. The number of carbonyl (C=O) groups is 2. The van der Waals surface area contributed by atoms with Crippen molar-refractivity contribution in [2.24, 2.45) is 5.92 Å². The molecule has 2 atom stereocenters. The molecule has 0 heterocycles. The summed E-state index contributed by atoms with van der Waals surface area (Å²) in [6, 6.07) is 3.86. The summed E-state index contributed by atoms with van der Waals surface area (Å²) < 4.78 is 13.5. The van der Waals surface area contributed by atoms with E-state index in [2.05, 4.69) is 5.32 Å². The minimum absolute atomic E-state index is 0.116. The number of carbonyl (C=O) groups excluding carboxylic acids is 1. The summed E-state index contributed by atoms with van der Waals surface area (Å²) in [5, 5.41) is 11.7. The highest BCUT2D eigenvalue weighted by Crippen LogP contribution is 2.26. The summed E-state index contributed by atoms with van der Waals surface area (Å²) >= 11 is 1.91. The Bertz CT molecular complexity index is 521. The molecule has 0 unspecified atom stereocenters. The fraction of sp³-hybridized carbons (Fsp3) is 0.385. The van der Waals surface area contributed by atoms with E-state index >= 15 is 0 Å². The smallest absolute Gasteiger partial charge is 0.306 e. The van der Waals surface area contributed by atoms with Crippen LogP contribution < -0.4 is 5.32 Å². The summed E-state index contributed by atoms with van der Waals surface area (Å²) in [5.74, 6) is -1.85. The zero-order valence-corrected chi connectivity index (χ0v) is 12.2. The van der Waals surface area contributed by atoms with Gasteiger partial charge in [0.1, 0.15) is 5.82 Å². The third-order valence-corrected chi connectivity index (χ3v) is 4.19. The number of amides is 1. The lowest BCUT2D eigenvalue weighted by atomic mass is 10.1. The Balaban J connectivity index is 2.00. The molecule has 4 nitrogen and oxygen atoms in total. The molecular formula is C13H13FINO3. The number of aliphatic carboxylic acids is 1. The lowest BCUT2D eigenvalue weighted by Gasteiger charge is -2.13. The van der Waals surface area contributed by atoms with Gasteiger partial charge in [0.15, 0.2) is 0 Å². The molecule has 6 heteroatoms. The lowest BCUT2D eigenvalue weighted by Crippen LogP contribution is -2.33. The number of halogens is 2. The van der Waals surface area contributed by atoms with Crippen LogP contribution in [-0.4, -0.2) is 23.0 Å². The predicted octanol–water partition coefficient (Wildman–Crippen LogP) is 2.41. The Kier molecular flexibility index (Phi) is 4.38.